The van der Waals surface area contributed by atoms with Crippen LogP contribution in [0.5, 0.6) is 0 Å². The minimum Gasteiger partial charge on any atom is -0.455 e. The lowest BCUT2D eigenvalue weighted by atomic mass is 9.88. The van der Waals surface area contributed by atoms with E-state index in [-0.39, 0.29) is 5.92 Å². The van der Waals surface area contributed by atoms with Gasteiger partial charge in [-0.25, -0.2) is 14.5 Å². The van der Waals surface area contributed by atoms with Gasteiger partial charge in [-0.05, 0) is 77.9 Å². The maximum atomic E-state index is 6.96. The Hall–Kier alpha value is -5.55. The first-order valence-electron chi connectivity index (χ1n) is 18.1. The summed E-state index contributed by atoms with van der Waals surface area (Å²) in [5, 5.41) is 2.20. The van der Waals surface area contributed by atoms with Crippen LogP contribution < -0.4 is 4.57 Å². The number of para-hydroxylation sites is 2. The lowest BCUT2D eigenvalue weighted by Crippen LogP contribution is -2.30. The molecule has 8 aromatic rings. The number of benzene rings is 5. The summed E-state index contributed by atoms with van der Waals surface area (Å²) in [4.78, 5) is 9.36. The molecule has 0 saturated carbocycles. The van der Waals surface area contributed by atoms with Gasteiger partial charge in [-0.3, -0.25) is 0 Å². The number of rotatable bonds is 7. The third-order valence-electron chi connectivity index (χ3n) is 10.3. The topological polar surface area (TPSA) is 47.7 Å². The zero-order valence-corrected chi connectivity index (χ0v) is 30.8. The minimum absolute atomic E-state index is 0.250. The molecule has 3 heterocycles. The Bertz CT molecular complexity index is 2560. The van der Waals surface area contributed by atoms with E-state index in [1.807, 2.05) is 12.3 Å². The van der Waals surface area contributed by atoms with Crippen LogP contribution in [0.3, 0.4) is 0 Å². The van der Waals surface area contributed by atoms with Gasteiger partial charge < -0.3 is 4.42 Å². The molecule has 8 rings (SSSR count). The largest absolute Gasteiger partial charge is 0.455 e. The maximum Gasteiger partial charge on any atom is 0.299 e. The SMILES string of the molecule is Cc1ccc2c(oc3cc(-c4ccnc(C(C)C)n4)ccc32)c1-c1n(-c2c(C(C)C)cc(-c3ccccc3)cc2C(C)C)c2ccccc2[n+]1C. The molecular weight excluding hydrogens is 625 g/mol. The number of nitrogens with zero attached hydrogens (tertiary/aromatic N) is 4. The summed E-state index contributed by atoms with van der Waals surface area (Å²) in [6.07, 6.45) is 1.85. The van der Waals surface area contributed by atoms with Crippen molar-refractivity contribution in [2.24, 2.45) is 7.05 Å². The Morgan fingerprint density at radius 3 is 2.06 bits per heavy atom. The first kappa shape index (κ1) is 32.6. The smallest absolute Gasteiger partial charge is 0.299 e. The summed E-state index contributed by atoms with van der Waals surface area (Å²) in [6.45, 7) is 15.7. The fourth-order valence-corrected chi connectivity index (χ4v) is 7.63. The lowest BCUT2D eigenvalue weighted by molar-refractivity contribution is -0.633. The number of hydrogen-bond donors (Lipinski definition) is 0. The quantitative estimate of drug-likeness (QED) is 0.159. The number of furan rings is 1. The Morgan fingerprint density at radius 1 is 0.667 bits per heavy atom. The van der Waals surface area contributed by atoms with Crippen LogP contribution in [0.2, 0.25) is 0 Å². The van der Waals surface area contributed by atoms with Gasteiger partial charge in [0, 0.05) is 39.6 Å². The van der Waals surface area contributed by atoms with Crippen LogP contribution in [0, 0.1) is 6.92 Å². The Morgan fingerprint density at radius 2 is 1.35 bits per heavy atom. The summed E-state index contributed by atoms with van der Waals surface area (Å²) in [7, 11) is 2.19. The van der Waals surface area contributed by atoms with E-state index in [0.717, 1.165) is 56.0 Å². The number of fused-ring (bicyclic) bond motifs is 4. The Labute approximate surface area is 300 Å². The molecule has 0 N–H and O–H groups in total. The molecule has 0 radical (unpaired) electrons. The second kappa shape index (κ2) is 12.6. The predicted octanol–water partition coefficient (Wildman–Crippen LogP) is 11.8. The van der Waals surface area contributed by atoms with Crippen molar-refractivity contribution in [1.29, 1.82) is 0 Å². The predicted molar refractivity (Wildman–Crippen MR) is 211 cm³/mol. The molecule has 0 atom stereocenters. The molecule has 0 aliphatic rings. The Kier molecular flexibility index (Phi) is 8.10. The van der Waals surface area contributed by atoms with Crippen molar-refractivity contribution >= 4 is 33.0 Å². The van der Waals surface area contributed by atoms with Crippen LogP contribution in [0.25, 0.3) is 72.4 Å². The first-order chi connectivity index (χ1) is 24.6. The second-order valence-corrected chi connectivity index (χ2v) is 14.8. The van der Waals surface area contributed by atoms with Crippen molar-refractivity contribution in [1.82, 2.24) is 14.5 Å². The van der Waals surface area contributed by atoms with Crippen molar-refractivity contribution in [3.8, 4) is 39.5 Å². The summed E-state index contributed by atoms with van der Waals surface area (Å²) < 4.78 is 11.8. The molecule has 0 aliphatic carbocycles. The highest BCUT2D eigenvalue weighted by atomic mass is 16.3. The standard InChI is InChI=1S/C46H45N4O/c1-27(2)36-24-33(31-14-10-9-11-15-31)25-37(28(3)4)43(36)50-40-17-13-12-16-39(40)49(8)46(50)42-30(7)18-20-35-34-21-19-32(26-41(34)51-44(35)42)38-22-23-47-45(48-38)29(5)6/h9-29H,1-8H3/q+1. The Balaban J connectivity index is 1.43. The van der Waals surface area contributed by atoms with Crippen LogP contribution in [-0.4, -0.2) is 14.5 Å². The van der Waals surface area contributed by atoms with Gasteiger partial charge in [-0.1, -0.05) is 102 Å². The first-order valence-corrected chi connectivity index (χ1v) is 18.1. The molecule has 5 nitrogen and oxygen atoms in total. The third kappa shape index (κ3) is 5.43. The van der Waals surface area contributed by atoms with Gasteiger partial charge in [0.2, 0.25) is 0 Å². The zero-order valence-electron chi connectivity index (χ0n) is 30.8. The fourth-order valence-electron chi connectivity index (χ4n) is 7.63. The molecule has 0 spiro atoms. The molecule has 0 saturated heterocycles. The van der Waals surface area contributed by atoms with E-state index in [1.165, 1.54) is 39.0 Å². The van der Waals surface area contributed by atoms with E-state index >= 15 is 0 Å². The summed E-state index contributed by atoms with van der Waals surface area (Å²) >= 11 is 0. The van der Waals surface area contributed by atoms with E-state index in [0.29, 0.717) is 11.8 Å². The van der Waals surface area contributed by atoms with Gasteiger partial charge in [0.25, 0.3) is 5.82 Å². The number of imidazole rings is 1. The minimum atomic E-state index is 0.250. The fraction of sp³-hybridized carbons (Fsp3) is 0.239. The molecule has 0 bridgehead atoms. The molecule has 254 valence electrons. The number of aryl methyl sites for hydroxylation is 2. The van der Waals surface area contributed by atoms with Crippen molar-refractivity contribution in [3.05, 3.63) is 132 Å². The third-order valence-corrected chi connectivity index (χ3v) is 10.3. The zero-order chi connectivity index (χ0) is 35.6. The molecule has 51 heavy (non-hydrogen) atoms. The van der Waals surface area contributed by atoms with Gasteiger partial charge in [-0.15, -0.1) is 0 Å². The van der Waals surface area contributed by atoms with Crippen LogP contribution in [-0.2, 0) is 7.05 Å². The van der Waals surface area contributed by atoms with Crippen molar-refractivity contribution < 1.29 is 8.98 Å². The molecule has 0 unspecified atom stereocenters. The van der Waals surface area contributed by atoms with Gasteiger partial charge in [0.1, 0.15) is 22.7 Å². The summed E-state index contributed by atoms with van der Waals surface area (Å²) in [5.74, 6) is 2.78. The van der Waals surface area contributed by atoms with Crippen LogP contribution in [0.15, 0.2) is 114 Å². The van der Waals surface area contributed by atoms with E-state index in [4.69, 9.17) is 9.40 Å². The number of aromatic nitrogens is 4. The molecule has 0 fully saturated rings. The molecule has 0 aliphatic heterocycles. The lowest BCUT2D eigenvalue weighted by Gasteiger charge is -2.21. The second-order valence-electron chi connectivity index (χ2n) is 14.8. The average molecular weight is 670 g/mol. The van der Waals surface area contributed by atoms with Crippen LogP contribution in [0.4, 0.5) is 0 Å². The summed E-state index contributed by atoms with van der Waals surface area (Å²) in [5.41, 5.74) is 14.7. The maximum absolute atomic E-state index is 6.96. The van der Waals surface area contributed by atoms with Crippen molar-refractivity contribution in [3.63, 3.8) is 0 Å². The van der Waals surface area contributed by atoms with E-state index in [1.54, 1.807) is 0 Å². The van der Waals surface area contributed by atoms with Gasteiger partial charge in [-0.2, -0.15) is 4.57 Å². The van der Waals surface area contributed by atoms with E-state index < -0.39 is 0 Å². The molecule has 5 heteroatoms. The average Bonchev–Trinajstić information content (AvgIpc) is 3.65. The monoisotopic (exact) mass is 669 g/mol. The van der Waals surface area contributed by atoms with Crippen LogP contribution in [0.1, 0.15) is 81.8 Å². The highest BCUT2D eigenvalue weighted by Crippen LogP contribution is 2.43. The molecule has 5 aromatic carbocycles. The summed E-state index contributed by atoms with van der Waals surface area (Å²) in [6, 6.07) is 37.2. The highest BCUT2D eigenvalue weighted by molar-refractivity contribution is 6.10. The van der Waals surface area contributed by atoms with Gasteiger partial charge in [0.15, 0.2) is 16.6 Å². The molecular formula is C46H45N4O+. The number of hydrogen-bond acceptors (Lipinski definition) is 3. The highest BCUT2D eigenvalue weighted by Gasteiger charge is 2.34. The van der Waals surface area contributed by atoms with Crippen LogP contribution >= 0.6 is 0 Å². The van der Waals surface area contributed by atoms with Crippen molar-refractivity contribution in [2.75, 3.05) is 0 Å². The van der Waals surface area contributed by atoms with E-state index in [9.17, 15) is 0 Å². The molecule has 3 aromatic heterocycles. The normalized spacial score (nSPS) is 12.1. The van der Waals surface area contributed by atoms with E-state index in [2.05, 4.69) is 167 Å². The van der Waals surface area contributed by atoms with Gasteiger partial charge in [0.05, 0.1) is 12.7 Å². The molecule has 0 amide bonds. The van der Waals surface area contributed by atoms with Gasteiger partial charge >= 0.3 is 0 Å². The van der Waals surface area contributed by atoms with Crippen molar-refractivity contribution in [2.45, 2.75) is 66.2 Å².